The van der Waals surface area contributed by atoms with Crippen LogP contribution in [0.4, 0.5) is 0 Å². The Kier molecular flexibility index (Phi) is 6.86. The van der Waals surface area contributed by atoms with Gasteiger partial charge in [-0.25, -0.2) is 17.9 Å². The van der Waals surface area contributed by atoms with Crippen molar-refractivity contribution >= 4 is 33.2 Å². The first-order valence-electron chi connectivity index (χ1n) is 7.49. The van der Waals surface area contributed by atoms with Crippen LogP contribution in [0.5, 0.6) is 0 Å². The molecule has 1 heterocycles. The van der Waals surface area contributed by atoms with Crippen molar-refractivity contribution in [1.82, 2.24) is 10.0 Å². The molecule has 0 bridgehead atoms. The van der Waals surface area contributed by atoms with Crippen molar-refractivity contribution in [2.45, 2.75) is 17.5 Å². The van der Waals surface area contributed by atoms with Gasteiger partial charge in [-0.3, -0.25) is 4.79 Å². The summed E-state index contributed by atoms with van der Waals surface area (Å²) in [4.78, 5) is 23.8. The minimum Gasteiger partial charge on any atom is -0.479 e. The Labute approximate surface area is 154 Å². The van der Waals surface area contributed by atoms with Crippen LogP contribution in [0, 0.1) is 0 Å². The van der Waals surface area contributed by atoms with E-state index >= 15 is 0 Å². The van der Waals surface area contributed by atoms with Crippen LogP contribution in [0.2, 0.25) is 0 Å². The van der Waals surface area contributed by atoms with Crippen LogP contribution in [0.25, 0.3) is 0 Å². The third kappa shape index (κ3) is 5.36. The summed E-state index contributed by atoms with van der Waals surface area (Å²) in [7, 11) is -2.56. The van der Waals surface area contributed by atoms with Gasteiger partial charge in [0, 0.05) is 24.1 Å². The van der Waals surface area contributed by atoms with Gasteiger partial charge in [0.1, 0.15) is 0 Å². The highest BCUT2D eigenvalue weighted by atomic mass is 32.2. The van der Waals surface area contributed by atoms with Gasteiger partial charge in [-0.1, -0.05) is 12.1 Å². The molecule has 0 fully saturated rings. The first-order chi connectivity index (χ1) is 12.3. The van der Waals surface area contributed by atoms with Crippen LogP contribution < -0.4 is 10.0 Å². The number of methoxy groups -OCH3 is 1. The molecule has 3 N–H and O–H groups in total. The summed E-state index contributed by atoms with van der Waals surface area (Å²) in [5, 5.41) is 13.1. The average Bonchev–Trinajstić information content (AvgIpc) is 3.14. The summed E-state index contributed by atoms with van der Waals surface area (Å²) >= 11 is 1.43. The molecule has 0 saturated carbocycles. The second kappa shape index (κ2) is 8.90. The molecule has 1 aromatic heterocycles. The highest BCUT2D eigenvalue weighted by Gasteiger charge is 2.19. The highest BCUT2D eigenvalue weighted by molar-refractivity contribution is 7.89. The zero-order chi connectivity index (χ0) is 19.2. The number of nitrogens with one attached hydrogen (secondary N) is 2. The Morgan fingerprint density at radius 3 is 2.65 bits per heavy atom. The van der Waals surface area contributed by atoms with Gasteiger partial charge in [-0.2, -0.15) is 0 Å². The summed E-state index contributed by atoms with van der Waals surface area (Å²) in [5.41, 5.74) is 0.101. The van der Waals surface area contributed by atoms with Gasteiger partial charge in [0.2, 0.25) is 10.0 Å². The number of carbonyl (C=O) groups excluding carboxylic acids is 1. The van der Waals surface area contributed by atoms with E-state index in [-0.39, 0.29) is 23.5 Å². The van der Waals surface area contributed by atoms with E-state index in [0.29, 0.717) is 0 Å². The minimum atomic E-state index is -3.78. The maximum Gasteiger partial charge on any atom is 0.334 e. The molecule has 26 heavy (non-hydrogen) atoms. The van der Waals surface area contributed by atoms with Gasteiger partial charge in [0.25, 0.3) is 5.91 Å². The molecular weight excluding hydrogens is 380 g/mol. The number of hydrogen-bond donors (Lipinski definition) is 3. The molecule has 0 spiro atoms. The quantitative estimate of drug-likeness (QED) is 0.581. The van der Waals surface area contributed by atoms with Crippen LogP contribution in [0.15, 0.2) is 46.7 Å². The fraction of sp³-hybridized carbons (Fsp3) is 0.250. The molecule has 1 aromatic carbocycles. The number of carboxylic acid groups (broad SMARTS) is 1. The average molecular weight is 398 g/mol. The number of carbonyl (C=O) groups is 2. The first kappa shape index (κ1) is 20.0. The molecule has 0 aliphatic rings. The number of hydrogen-bond acceptors (Lipinski definition) is 6. The fourth-order valence-corrected chi connectivity index (χ4v) is 3.81. The Hall–Kier alpha value is -2.27. The van der Waals surface area contributed by atoms with Crippen LogP contribution in [0.1, 0.15) is 15.2 Å². The van der Waals surface area contributed by atoms with E-state index in [1.165, 1.54) is 42.7 Å². The number of rotatable bonds is 9. The number of carboxylic acids is 1. The normalized spacial score (nSPS) is 12.5. The van der Waals surface area contributed by atoms with Gasteiger partial charge < -0.3 is 15.2 Å². The second-order valence-corrected chi connectivity index (χ2v) is 8.00. The highest BCUT2D eigenvalue weighted by Crippen LogP contribution is 2.14. The molecule has 140 valence electrons. The van der Waals surface area contributed by atoms with Gasteiger partial charge >= 0.3 is 5.97 Å². The molecule has 1 unspecified atom stereocenters. The van der Waals surface area contributed by atoms with Crippen molar-refractivity contribution in [1.29, 1.82) is 0 Å². The van der Waals surface area contributed by atoms with Crippen molar-refractivity contribution in [2.24, 2.45) is 0 Å². The summed E-state index contributed by atoms with van der Waals surface area (Å²) in [5.74, 6) is -1.80. The lowest BCUT2D eigenvalue weighted by atomic mass is 10.2. The van der Waals surface area contributed by atoms with Crippen LogP contribution in [-0.2, 0) is 26.1 Å². The van der Waals surface area contributed by atoms with Crippen LogP contribution in [0.3, 0.4) is 0 Å². The summed E-state index contributed by atoms with van der Waals surface area (Å²) < 4.78 is 31.9. The number of benzene rings is 1. The van der Waals surface area contributed by atoms with Gasteiger partial charge in [0.15, 0.2) is 6.10 Å². The van der Waals surface area contributed by atoms with Crippen molar-refractivity contribution in [3.8, 4) is 0 Å². The predicted molar refractivity (Wildman–Crippen MR) is 95.6 cm³/mol. The van der Waals surface area contributed by atoms with E-state index < -0.39 is 28.0 Å². The number of ether oxygens (including phenoxy) is 1. The van der Waals surface area contributed by atoms with Crippen molar-refractivity contribution in [2.75, 3.05) is 13.7 Å². The molecule has 0 saturated heterocycles. The fourth-order valence-electron chi connectivity index (χ4n) is 2.03. The third-order valence-corrected chi connectivity index (χ3v) is 5.71. The molecule has 2 aromatic rings. The van der Waals surface area contributed by atoms with E-state index in [0.717, 1.165) is 4.88 Å². The van der Waals surface area contributed by atoms with Gasteiger partial charge in [-0.15, -0.1) is 11.3 Å². The molecule has 10 heteroatoms. The first-order valence-corrected chi connectivity index (χ1v) is 9.85. The van der Waals surface area contributed by atoms with E-state index in [2.05, 4.69) is 10.0 Å². The number of thiophene rings is 1. The maximum atomic E-state index is 12.4. The van der Waals surface area contributed by atoms with E-state index in [1.807, 2.05) is 17.5 Å². The topological polar surface area (TPSA) is 122 Å². The SMILES string of the molecule is COC(CNC(=O)c1cccc(S(=O)(=O)NCc2cccs2)c1)C(=O)O. The lowest BCUT2D eigenvalue weighted by molar-refractivity contribution is -0.148. The molecule has 0 aliphatic heterocycles. The third-order valence-electron chi connectivity index (χ3n) is 3.43. The van der Waals surface area contributed by atoms with E-state index in [4.69, 9.17) is 9.84 Å². The molecule has 0 aliphatic carbocycles. The Balaban J connectivity index is 2.06. The summed E-state index contributed by atoms with van der Waals surface area (Å²) in [6, 6.07) is 9.13. The molecule has 1 atom stereocenters. The number of aliphatic carboxylic acids is 1. The summed E-state index contributed by atoms with van der Waals surface area (Å²) in [6.45, 7) is -0.0805. The zero-order valence-corrected chi connectivity index (χ0v) is 15.5. The zero-order valence-electron chi connectivity index (χ0n) is 13.8. The van der Waals surface area contributed by atoms with Crippen molar-refractivity contribution in [3.63, 3.8) is 0 Å². The molecule has 8 nitrogen and oxygen atoms in total. The number of amides is 1. The lowest BCUT2D eigenvalue weighted by Crippen LogP contribution is -2.37. The van der Waals surface area contributed by atoms with E-state index in [9.17, 15) is 18.0 Å². The Bertz CT molecular complexity index is 865. The minimum absolute atomic E-state index is 0.0526. The van der Waals surface area contributed by atoms with Crippen molar-refractivity contribution in [3.05, 3.63) is 52.2 Å². The molecule has 1 amide bonds. The van der Waals surface area contributed by atoms with Crippen LogP contribution in [-0.4, -0.2) is 45.2 Å². The second-order valence-electron chi connectivity index (χ2n) is 5.20. The Morgan fingerprint density at radius 1 is 1.27 bits per heavy atom. The molecule has 2 rings (SSSR count). The predicted octanol–water partition coefficient (Wildman–Crippen LogP) is 1.06. The monoisotopic (exact) mass is 398 g/mol. The lowest BCUT2D eigenvalue weighted by Gasteiger charge is -2.12. The Morgan fingerprint density at radius 2 is 2.04 bits per heavy atom. The van der Waals surface area contributed by atoms with Gasteiger partial charge in [-0.05, 0) is 29.6 Å². The smallest absolute Gasteiger partial charge is 0.334 e. The molecule has 0 radical (unpaired) electrons. The standard InChI is InChI=1S/C16H18N2O6S2/c1-24-14(16(20)21)10-17-15(19)11-4-2-6-13(8-11)26(22,23)18-9-12-5-3-7-25-12/h2-8,14,18H,9-10H2,1H3,(H,17,19)(H,20,21). The molecular formula is C16H18N2O6S2. The van der Waals surface area contributed by atoms with Gasteiger partial charge in [0.05, 0.1) is 11.4 Å². The number of sulfonamides is 1. The largest absolute Gasteiger partial charge is 0.479 e. The summed E-state index contributed by atoms with van der Waals surface area (Å²) in [6.07, 6.45) is -1.18. The maximum absolute atomic E-state index is 12.4. The van der Waals surface area contributed by atoms with E-state index in [1.54, 1.807) is 0 Å². The van der Waals surface area contributed by atoms with Crippen LogP contribution >= 0.6 is 11.3 Å². The van der Waals surface area contributed by atoms with Crippen molar-refractivity contribution < 1.29 is 27.9 Å².